The summed E-state index contributed by atoms with van der Waals surface area (Å²) in [6, 6.07) is 0.157. The number of hydrogen-bond donors (Lipinski definition) is 1. The van der Waals surface area contributed by atoms with E-state index < -0.39 is 0 Å². The van der Waals surface area contributed by atoms with E-state index in [1.807, 2.05) is 0 Å². The van der Waals surface area contributed by atoms with Gasteiger partial charge >= 0.3 is 0 Å². The molecule has 0 aliphatic carbocycles. The molecular formula is C8H15NO. The second kappa shape index (κ2) is 3.15. The second-order valence-electron chi connectivity index (χ2n) is 3.00. The molecule has 0 aromatic rings. The van der Waals surface area contributed by atoms with E-state index in [9.17, 15) is 4.79 Å². The fourth-order valence-electron chi connectivity index (χ4n) is 1.67. The Morgan fingerprint density at radius 1 is 1.70 bits per heavy atom. The van der Waals surface area contributed by atoms with Crippen molar-refractivity contribution >= 4 is 5.78 Å². The molecule has 0 saturated carbocycles. The lowest BCUT2D eigenvalue weighted by atomic mass is 9.95. The van der Waals surface area contributed by atoms with Crippen LogP contribution in [0.3, 0.4) is 0 Å². The lowest BCUT2D eigenvalue weighted by molar-refractivity contribution is -0.119. The van der Waals surface area contributed by atoms with E-state index in [0.717, 1.165) is 13.0 Å². The Labute approximate surface area is 62.0 Å². The average molecular weight is 141 g/mol. The van der Waals surface area contributed by atoms with Gasteiger partial charge in [0.1, 0.15) is 5.78 Å². The Balaban J connectivity index is 2.50. The molecule has 0 amide bonds. The van der Waals surface area contributed by atoms with Gasteiger partial charge in [-0.3, -0.25) is 4.79 Å². The van der Waals surface area contributed by atoms with E-state index >= 15 is 0 Å². The average Bonchev–Trinajstić information content (AvgIpc) is 2.33. The zero-order chi connectivity index (χ0) is 7.56. The highest BCUT2D eigenvalue weighted by Crippen LogP contribution is 2.18. The van der Waals surface area contributed by atoms with Gasteiger partial charge in [-0.05, 0) is 25.8 Å². The molecule has 1 fully saturated rings. The van der Waals surface area contributed by atoms with Crippen LogP contribution in [0, 0.1) is 5.92 Å². The molecule has 2 unspecified atom stereocenters. The zero-order valence-electron chi connectivity index (χ0n) is 6.68. The van der Waals surface area contributed by atoms with Crippen LogP contribution in [0.25, 0.3) is 0 Å². The van der Waals surface area contributed by atoms with Crippen molar-refractivity contribution in [2.45, 2.75) is 32.7 Å². The van der Waals surface area contributed by atoms with E-state index in [1.165, 1.54) is 6.42 Å². The summed E-state index contributed by atoms with van der Waals surface area (Å²) < 4.78 is 0. The first-order valence-corrected chi connectivity index (χ1v) is 3.99. The van der Waals surface area contributed by atoms with Gasteiger partial charge in [0.2, 0.25) is 0 Å². The molecule has 58 valence electrons. The highest BCUT2D eigenvalue weighted by Gasteiger charge is 2.28. The maximum atomic E-state index is 11.0. The van der Waals surface area contributed by atoms with Crippen molar-refractivity contribution in [2.24, 2.45) is 5.92 Å². The fraction of sp³-hybridized carbons (Fsp3) is 0.875. The van der Waals surface area contributed by atoms with E-state index in [0.29, 0.717) is 11.7 Å². The number of carbonyl (C=O) groups is 1. The van der Waals surface area contributed by atoms with Gasteiger partial charge in [-0.15, -0.1) is 0 Å². The monoisotopic (exact) mass is 141 g/mol. The minimum absolute atomic E-state index is 0.157. The van der Waals surface area contributed by atoms with Gasteiger partial charge in [-0.2, -0.15) is 0 Å². The van der Waals surface area contributed by atoms with Crippen molar-refractivity contribution in [1.29, 1.82) is 0 Å². The molecule has 0 bridgehead atoms. The first-order chi connectivity index (χ1) is 4.75. The number of hydrogen-bond acceptors (Lipinski definition) is 2. The van der Waals surface area contributed by atoms with Crippen molar-refractivity contribution in [3.8, 4) is 0 Å². The zero-order valence-corrected chi connectivity index (χ0v) is 6.68. The summed E-state index contributed by atoms with van der Waals surface area (Å²) in [4.78, 5) is 11.0. The Hall–Kier alpha value is -0.370. The maximum absolute atomic E-state index is 11.0. The van der Waals surface area contributed by atoms with Crippen LogP contribution in [-0.2, 0) is 4.79 Å². The third-order valence-electron chi connectivity index (χ3n) is 2.31. The van der Waals surface area contributed by atoms with Crippen LogP contribution in [0.1, 0.15) is 26.7 Å². The predicted octanol–water partition coefficient (Wildman–Crippen LogP) is 0.964. The second-order valence-corrected chi connectivity index (χ2v) is 3.00. The largest absolute Gasteiger partial charge is 0.307 e. The van der Waals surface area contributed by atoms with Crippen molar-refractivity contribution in [2.75, 3.05) is 6.54 Å². The van der Waals surface area contributed by atoms with Crippen LogP contribution < -0.4 is 5.32 Å². The molecule has 0 aromatic heterocycles. The topological polar surface area (TPSA) is 29.1 Å². The summed E-state index contributed by atoms with van der Waals surface area (Å²) in [7, 11) is 0. The van der Waals surface area contributed by atoms with Crippen molar-refractivity contribution < 1.29 is 4.79 Å². The Kier molecular flexibility index (Phi) is 2.44. The minimum Gasteiger partial charge on any atom is -0.307 e. The number of rotatable bonds is 2. The predicted molar refractivity (Wildman–Crippen MR) is 40.9 cm³/mol. The van der Waals surface area contributed by atoms with E-state index in [1.54, 1.807) is 6.92 Å². The first kappa shape index (κ1) is 7.73. The Morgan fingerprint density at radius 3 is 2.80 bits per heavy atom. The first-order valence-electron chi connectivity index (χ1n) is 3.99. The van der Waals surface area contributed by atoms with Crippen molar-refractivity contribution in [3.05, 3.63) is 0 Å². The van der Waals surface area contributed by atoms with Crippen LogP contribution in [0.5, 0.6) is 0 Å². The van der Waals surface area contributed by atoms with Crippen molar-refractivity contribution in [3.63, 3.8) is 0 Å². The highest BCUT2D eigenvalue weighted by atomic mass is 16.1. The third kappa shape index (κ3) is 1.37. The SMILES string of the molecule is CCC1CCNC1C(C)=O. The molecule has 1 rings (SSSR count). The van der Waals surface area contributed by atoms with Crippen LogP contribution in [0.2, 0.25) is 0 Å². The molecule has 2 heteroatoms. The van der Waals surface area contributed by atoms with E-state index in [-0.39, 0.29) is 6.04 Å². The summed E-state index contributed by atoms with van der Waals surface area (Å²) in [5, 5.41) is 3.21. The Bertz CT molecular complexity index is 133. The molecule has 1 N–H and O–H groups in total. The van der Waals surface area contributed by atoms with Crippen LogP contribution in [-0.4, -0.2) is 18.4 Å². The quantitative estimate of drug-likeness (QED) is 0.620. The summed E-state index contributed by atoms with van der Waals surface area (Å²) in [5.41, 5.74) is 0. The van der Waals surface area contributed by atoms with Gasteiger partial charge in [0.05, 0.1) is 6.04 Å². The number of nitrogens with one attached hydrogen (secondary N) is 1. The molecule has 10 heavy (non-hydrogen) atoms. The lowest BCUT2D eigenvalue weighted by Gasteiger charge is -2.13. The summed E-state index contributed by atoms with van der Waals surface area (Å²) in [6.07, 6.45) is 2.29. The molecule has 0 aromatic carbocycles. The molecule has 0 spiro atoms. The standard InChI is InChI=1S/C8H15NO/c1-3-7-4-5-9-8(7)6(2)10/h7-9H,3-5H2,1-2H3. The van der Waals surface area contributed by atoms with E-state index in [4.69, 9.17) is 0 Å². The maximum Gasteiger partial charge on any atom is 0.146 e. The highest BCUT2D eigenvalue weighted by molar-refractivity contribution is 5.82. The number of Topliss-reactive ketones (excluding diaryl/α,β-unsaturated/α-hetero) is 1. The van der Waals surface area contributed by atoms with Crippen molar-refractivity contribution in [1.82, 2.24) is 5.32 Å². The molecular weight excluding hydrogens is 126 g/mol. The number of carbonyl (C=O) groups excluding carboxylic acids is 1. The van der Waals surface area contributed by atoms with Gasteiger partial charge in [0.15, 0.2) is 0 Å². The molecule has 1 heterocycles. The van der Waals surface area contributed by atoms with Crippen LogP contribution in [0.15, 0.2) is 0 Å². The smallest absolute Gasteiger partial charge is 0.146 e. The van der Waals surface area contributed by atoms with Gasteiger partial charge in [-0.1, -0.05) is 13.3 Å². The summed E-state index contributed by atoms with van der Waals surface area (Å²) in [5.74, 6) is 0.891. The molecule has 2 nitrogen and oxygen atoms in total. The summed E-state index contributed by atoms with van der Waals surface area (Å²) in [6.45, 7) is 4.84. The molecule has 1 saturated heterocycles. The minimum atomic E-state index is 0.157. The van der Waals surface area contributed by atoms with Crippen LogP contribution in [0.4, 0.5) is 0 Å². The lowest BCUT2D eigenvalue weighted by Crippen LogP contribution is -2.33. The molecule has 1 aliphatic rings. The van der Waals surface area contributed by atoms with Gasteiger partial charge in [0, 0.05) is 0 Å². The summed E-state index contributed by atoms with van der Waals surface area (Å²) >= 11 is 0. The molecule has 0 radical (unpaired) electrons. The molecule has 1 aliphatic heterocycles. The Morgan fingerprint density at radius 2 is 2.40 bits per heavy atom. The fourth-order valence-corrected chi connectivity index (χ4v) is 1.67. The van der Waals surface area contributed by atoms with Gasteiger partial charge in [0.25, 0.3) is 0 Å². The van der Waals surface area contributed by atoms with Gasteiger partial charge in [-0.25, -0.2) is 0 Å². The third-order valence-corrected chi connectivity index (χ3v) is 2.31. The molecule has 2 atom stereocenters. The van der Waals surface area contributed by atoms with Gasteiger partial charge < -0.3 is 5.32 Å². The number of ketones is 1. The van der Waals surface area contributed by atoms with Crippen LogP contribution >= 0.6 is 0 Å². The van der Waals surface area contributed by atoms with E-state index in [2.05, 4.69) is 12.2 Å². The normalized spacial score (nSPS) is 32.6.